The van der Waals surface area contributed by atoms with Gasteiger partial charge in [0, 0.05) is 26.1 Å². The zero-order chi connectivity index (χ0) is 20.4. The van der Waals surface area contributed by atoms with E-state index in [4.69, 9.17) is 4.74 Å². The molecule has 0 saturated heterocycles. The van der Waals surface area contributed by atoms with Crippen LogP contribution in [0.4, 0.5) is 13.2 Å². The Kier molecular flexibility index (Phi) is 10.8. The molecule has 1 aromatic heterocycles. The van der Waals surface area contributed by atoms with Crippen LogP contribution in [0.15, 0.2) is 35.6 Å². The van der Waals surface area contributed by atoms with Gasteiger partial charge in [0.2, 0.25) is 0 Å². The van der Waals surface area contributed by atoms with Crippen LogP contribution in [0.3, 0.4) is 0 Å². The first-order valence-corrected chi connectivity index (χ1v) is 9.08. The van der Waals surface area contributed by atoms with Crippen molar-refractivity contribution < 1.29 is 17.9 Å². The van der Waals surface area contributed by atoms with Crippen molar-refractivity contribution in [2.45, 2.75) is 39.5 Å². The van der Waals surface area contributed by atoms with Crippen LogP contribution < -0.4 is 15.4 Å². The molecule has 0 spiro atoms. The van der Waals surface area contributed by atoms with Gasteiger partial charge in [-0.1, -0.05) is 19.1 Å². The van der Waals surface area contributed by atoms with E-state index in [0.29, 0.717) is 32.1 Å². The molecule has 1 heterocycles. The Morgan fingerprint density at radius 3 is 2.72 bits per heavy atom. The molecule has 0 aliphatic heterocycles. The molecule has 2 rings (SSSR count). The fourth-order valence-corrected chi connectivity index (χ4v) is 2.45. The summed E-state index contributed by atoms with van der Waals surface area (Å²) in [6, 6.07) is 6.49. The smallest absolute Gasteiger partial charge is 0.422 e. The molecule has 2 aromatic rings. The minimum Gasteiger partial charge on any atom is -0.484 e. The van der Waals surface area contributed by atoms with Gasteiger partial charge in [0.05, 0.1) is 6.54 Å². The van der Waals surface area contributed by atoms with Crippen molar-refractivity contribution in [3.05, 3.63) is 42.0 Å². The van der Waals surface area contributed by atoms with Gasteiger partial charge in [-0.15, -0.1) is 34.2 Å². The molecule has 0 bridgehead atoms. The number of hydrogen-bond acceptors (Lipinski definition) is 4. The second kappa shape index (κ2) is 12.5. The molecular weight excluding hydrogens is 500 g/mol. The molecule has 1 aromatic carbocycles. The minimum absolute atomic E-state index is 0. The van der Waals surface area contributed by atoms with Crippen molar-refractivity contribution in [2.24, 2.45) is 4.99 Å². The average Bonchev–Trinajstić information content (AvgIpc) is 3.12. The van der Waals surface area contributed by atoms with Crippen molar-refractivity contribution in [2.75, 3.05) is 19.7 Å². The highest BCUT2D eigenvalue weighted by molar-refractivity contribution is 14.0. The second-order valence-corrected chi connectivity index (χ2v) is 5.97. The Bertz CT molecular complexity index is 766. The van der Waals surface area contributed by atoms with E-state index in [1.807, 2.05) is 18.4 Å². The first-order chi connectivity index (χ1) is 13.4. The van der Waals surface area contributed by atoms with E-state index in [2.05, 4.69) is 25.8 Å². The van der Waals surface area contributed by atoms with Gasteiger partial charge in [0.25, 0.3) is 0 Å². The van der Waals surface area contributed by atoms with Gasteiger partial charge in [0.1, 0.15) is 17.9 Å². The average molecular weight is 526 g/mol. The van der Waals surface area contributed by atoms with E-state index in [1.54, 1.807) is 24.5 Å². The maximum Gasteiger partial charge on any atom is 0.422 e. The number of benzene rings is 1. The molecule has 0 fully saturated rings. The van der Waals surface area contributed by atoms with Gasteiger partial charge >= 0.3 is 6.18 Å². The first-order valence-electron chi connectivity index (χ1n) is 9.08. The molecule has 0 amide bonds. The third-order valence-corrected chi connectivity index (χ3v) is 3.72. The topological polar surface area (TPSA) is 76.4 Å². The lowest BCUT2D eigenvalue weighted by Crippen LogP contribution is -2.38. The third kappa shape index (κ3) is 9.33. The van der Waals surface area contributed by atoms with Crippen LogP contribution in [0.2, 0.25) is 0 Å². The SMILES string of the molecule is CCNC(=NCc1cccc(OCC(F)(F)F)c1)NCCn1cnnc1CC.I. The Hall–Kier alpha value is -2.05. The van der Waals surface area contributed by atoms with Crippen LogP contribution in [0, 0.1) is 0 Å². The first kappa shape index (κ1) is 25.0. The summed E-state index contributed by atoms with van der Waals surface area (Å²) in [6.45, 7) is 4.99. The molecule has 11 heteroatoms. The lowest BCUT2D eigenvalue weighted by molar-refractivity contribution is -0.153. The quantitative estimate of drug-likeness (QED) is 0.299. The summed E-state index contributed by atoms with van der Waals surface area (Å²) in [6.07, 6.45) is -1.86. The fraction of sp³-hybridized carbons (Fsp3) is 0.500. The predicted molar refractivity (Wildman–Crippen MR) is 116 cm³/mol. The molecular formula is C18H26F3IN6O. The van der Waals surface area contributed by atoms with E-state index in [9.17, 15) is 13.2 Å². The Labute approximate surface area is 185 Å². The van der Waals surface area contributed by atoms with Crippen molar-refractivity contribution >= 4 is 29.9 Å². The van der Waals surface area contributed by atoms with E-state index in [1.165, 1.54) is 6.07 Å². The number of nitrogens with one attached hydrogen (secondary N) is 2. The van der Waals surface area contributed by atoms with Gasteiger partial charge in [-0.05, 0) is 24.6 Å². The molecule has 0 saturated carbocycles. The largest absolute Gasteiger partial charge is 0.484 e. The fourth-order valence-electron chi connectivity index (χ4n) is 2.45. The zero-order valence-corrected chi connectivity index (χ0v) is 18.7. The normalized spacial score (nSPS) is 11.7. The number of rotatable bonds is 9. The minimum atomic E-state index is -4.36. The van der Waals surface area contributed by atoms with Crippen LogP contribution in [0.5, 0.6) is 5.75 Å². The molecule has 162 valence electrons. The lowest BCUT2D eigenvalue weighted by atomic mass is 10.2. The van der Waals surface area contributed by atoms with Crippen LogP contribution >= 0.6 is 24.0 Å². The Morgan fingerprint density at radius 1 is 1.24 bits per heavy atom. The Morgan fingerprint density at radius 2 is 2.03 bits per heavy atom. The zero-order valence-electron chi connectivity index (χ0n) is 16.4. The number of aliphatic imine (C=N–C) groups is 1. The maximum absolute atomic E-state index is 12.3. The number of ether oxygens (including phenoxy) is 1. The molecule has 7 nitrogen and oxygen atoms in total. The van der Waals surface area contributed by atoms with Gasteiger partial charge in [-0.25, -0.2) is 4.99 Å². The van der Waals surface area contributed by atoms with Crippen LogP contribution in [0.1, 0.15) is 25.2 Å². The van der Waals surface area contributed by atoms with Crippen LogP contribution in [0.25, 0.3) is 0 Å². The molecule has 2 N–H and O–H groups in total. The molecule has 0 unspecified atom stereocenters. The van der Waals surface area contributed by atoms with Crippen LogP contribution in [-0.2, 0) is 19.5 Å². The number of halogens is 4. The number of hydrogen-bond donors (Lipinski definition) is 2. The second-order valence-electron chi connectivity index (χ2n) is 5.97. The third-order valence-electron chi connectivity index (χ3n) is 3.72. The lowest BCUT2D eigenvalue weighted by Gasteiger charge is -2.13. The molecule has 0 atom stereocenters. The summed E-state index contributed by atoms with van der Waals surface area (Å²) in [7, 11) is 0. The maximum atomic E-state index is 12.3. The standard InChI is InChI=1S/C18H25F3N6O.HI/c1-3-16-26-25-13-27(16)9-8-23-17(22-4-2)24-11-14-6-5-7-15(10-14)28-12-18(19,20)21;/h5-7,10,13H,3-4,8-9,11-12H2,1-2H3,(H2,22,23,24);1H. The summed E-state index contributed by atoms with van der Waals surface area (Å²) >= 11 is 0. The van der Waals surface area contributed by atoms with E-state index in [-0.39, 0.29) is 29.7 Å². The molecule has 0 aliphatic carbocycles. The molecule has 0 radical (unpaired) electrons. The van der Waals surface area contributed by atoms with E-state index >= 15 is 0 Å². The van der Waals surface area contributed by atoms with Crippen molar-refractivity contribution in [1.82, 2.24) is 25.4 Å². The molecule has 0 aliphatic rings. The summed E-state index contributed by atoms with van der Waals surface area (Å²) in [5, 5.41) is 14.3. The summed E-state index contributed by atoms with van der Waals surface area (Å²) in [5.41, 5.74) is 0.754. The van der Waals surface area contributed by atoms with Crippen LogP contribution in [-0.4, -0.2) is 46.6 Å². The van der Waals surface area contributed by atoms with E-state index < -0.39 is 12.8 Å². The number of aromatic nitrogens is 3. The van der Waals surface area contributed by atoms with Gasteiger partial charge < -0.3 is 19.9 Å². The van der Waals surface area contributed by atoms with E-state index in [0.717, 1.165) is 17.8 Å². The van der Waals surface area contributed by atoms with Gasteiger partial charge in [-0.3, -0.25) is 0 Å². The van der Waals surface area contributed by atoms with Crippen molar-refractivity contribution in [3.8, 4) is 5.75 Å². The van der Waals surface area contributed by atoms with Gasteiger partial charge in [0.15, 0.2) is 12.6 Å². The van der Waals surface area contributed by atoms with Crippen molar-refractivity contribution in [3.63, 3.8) is 0 Å². The number of guanidine groups is 1. The summed E-state index contributed by atoms with van der Waals surface area (Å²) in [5.74, 6) is 1.71. The summed E-state index contributed by atoms with van der Waals surface area (Å²) in [4.78, 5) is 4.47. The number of nitrogens with zero attached hydrogens (tertiary/aromatic N) is 4. The number of aryl methyl sites for hydroxylation is 1. The van der Waals surface area contributed by atoms with Crippen molar-refractivity contribution in [1.29, 1.82) is 0 Å². The Balaban J connectivity index is 0.00000420. The monoisotopic (exact) mass is 526 g/mol. The number of alkyl halides is 3. The molecule has 29 heavy (non-hydrogen) atoms. The summed E-state index contributed by atoms with van der Waals surface area (Å²) < 4.78 is 43.6. The highest BCUT2D eigenvalue weighted by Crippen LogP contribution is 2.19. The highest BCUT2D eigenvalue weighted by atomic mass is 127. The van der Waals surface area contributed by atoms with Gasteiger partial charge in [-0.2, -0.15) is 13.2 Å². The predicted octanol–water partition coefficient (Wildman–Crippen LogP) is 3.15. The highest BCUT2D eigenvalue weighted by Gasteiger charge is 2.28.